The Morgan fingerprint density at radius 1 is 1.35 bits per heavy atom. The molecule has 20 heavy (non-hydrogen) atoms. The highest BCUT2D eigenvalue weighted by atomic mass is 16.5. The number of hydrogen-bond donors (Lipinski definition) is 0. The smallest absolute Gasteiger partial charge is 0.357 e. The summed E-state index contributed by atoms with van der Waals surface area (Å²) in [5, 5.41) is 4.25. The number of aryl methyl sites for hydroxylation is 2. The molecule has 0 saturated carbocycles. The van der Waals surface area contributed by atoms with Gasteiger partial charge in [-0.15, -0.1) is 0 Å². The Morgan fingerprint density at radius 3 is 2.65 bits per heavy atom. The molecule has 0 aliphatic heterocycles. The van der Waals surface area contributed by atoms with Gasteiger partial charge in [0.05, 0.1) is 12.3 Å². The molecule has 0 aliphatic rings. The number of rotatable bonds is 3. The van der Waals surface area contributed by atoms with E-state index in [0.717, 1.165) is 5.69 Å². The van der Waals surface area contributed by atoms with Crippen LogP contribution in [0.5, 0.6) is 0 Å². The zero-order valence-electron chi connectivity index (χ0n) is 12.5. The lowest BCUT2D eigenvalue weighted by molar-refractivity contribution is 0.0515. The van der Waals surface area contributed by atoms with Crippen molar-refractivity contribution in [3.8, 4) is 5.82 Å². The van der Waals surface area contributed by atoms with Gasteiger partial charge in [-0.3, -0.25) is 0 Å². The summed E-state index contributed by atoms with van der Waals surface area (Å²) in [5.74, 6) is 0.767. The Hall–Kier alpha value is -2.24. The average Bonchev–Trinajstić information content (AvgIpc) is 2.83. The summed E-state index contributed by atoms with van der Waals surface area (Å²) in [5.41, 5.74) is 1.10. The molecule has 0 fully saturated rings. The first-order valence-electron chi connectivity index (χ1n) is 6.65. The van der Waals surface area contributed by atoms with Crippen LogP contribution in [0.25, 0.3) is 5.82 Å². The number of nitrogens with zero attached hydrogens (tertiary/aromatic N) is 4. The van der Waals surface area contributed by atoms with E-state index in [1.54, 1.807) is 32.2 Å². The SMILES string of the molecule is CC.CCOC(=O)c1cc(C)nn1-c1ccnc(C)n1. The lowest BCUT2D eigenvalue weighted by Crippen LogP contribution is -2.13. The summed E-state index contributed by atoms with van der Waals surface area (Å²) in [7, 11) is 0. The molecule has 0 bridgehead atoms. The Kier molecular flexibility index (Phi) is 5.83. The van der Waals surface area contributed by atoms with Gasteiger partial charge in [0.15, 0.2) is 11.5 Å². The minimum atomic E-state index is -0.408. The fourth-order valence-electron chi connectivity index (χ4n) is 1.59. The summed E-state index contributed by atoms with van der Waals surface area (Å²) < 4.78 is 6.46. The summed E-state index contributed by atoms with van der Waals surface area (Å²) in [6.07, 6.45) is 1.63. The number of hydrogen-bond acceptors (Lipinski definition) is 5. The fraction of sp³-hybridized carbons (Fsp3) is 0.429. The second kappa shape index (κ2) is 7.37. The van der Waals surface area contributed by atoms with E-state index < -0.39 is 5.97 Å². The van der Waals surface area contributed by atoms with Crippen molar-refractivity contribution in [2.75, 3.05) is 6.61 Å². The van der Waals surface area contributed by atoms with Crippen LogP contribution >= 0.6 is 0 Å². The maximum Gasteiger partial charge on any atom is 0.357 e. The highest BCUT2D eigenvalue weighted by molar-refractivity contribution is 5.88. The van der Waals surface area contributed by atoms with Crippen LogP contribution in [0.3, 0.4) is 0 Å². The molecule has 6 nitrogen and oxygen atoms in total. The van der Waals surface area contributed by atoms with Crippen molar-refractivity contribution >= 4 is 5.97 Å². The van der Waals surface area contributed by atoms with Crippen molar-refractivity contribution in [1.29, 1.82) is 0 Å². The van der Waals surface area contributed by atoms with E-state index in [1.807, 2.05) is 20.8 Å². The predicted molar refractivity (Wildman–Crippen MR) is 75.9 cm³/mol. The maximum absolute atomic E-state index is 11.8. The van der Waals surface area contributed by atoms with Crippen LogP contribution in [0, 0.1) is 13.8 Å². The lowest BCUT2D eigenvalue weighted by Gasteiger charge is -2.06. The molecule has 0 aromatic carbocycles. The van der Waals surface area contributed by atoms with E-state index in [-0.39, 0.29) is 0 Å². The van der Waals surface area contributed by atoms with Crippen LogP contribution in [-0.2, 0) is 4.74 Å². The Labute approximate surface area is 118 Å². The van der Waals surface area contributed by atoms with Gasteiger partial charge in [-0.1, -0.05) is 13.8 Å². The van der Waals surface area contributed by atoms with Gasteiger partial charge in [-0.05, 0) is 26.8 Å². The van der Waals surface area contributed by atoms with E-state index in [2.05, 4.69) is 15.1 Å². The van der Waals surface area contributed by atoms with Crippen molar-refractivity contribution in [3.05, 3.63) is 35.5 Å². The molecule has 0 saturated heterocycles. The van der Waals surface area contributed by atoms with Gasteiger partial charge >= 0.3 is 5.97 Å². The van der Waals surface area contributed by atoms with E-state index >= 15 is 0 Å². The van der Waals surface area contributed by atoms with E-state index in [9.17, 15) is 4.79 Å². The average molecular weight is 276 g/mol. The molecule has 0 amide bonds. The maximum atomic E-state index is 11.8. The first-order chi connectivity index (χ1) is 9.61. The molecule has 108 valence electrons. The summed E-state index contributed by atoms with van der Waals surface area (Å²) in [4.78, 5) is 20.1. The largest absolute Gasteiger partial charge is 0.461 e. The van der Waals surface area contributed by atoms with Crippen LogP contribution in [-0.4, -0.2) is 32.3 Å². The Balaban J connectivity index is 0.000000956. The zero-order valence-corrected chi connectivity index (χ0v) is 12.5. The molecule has 0 unspecified atom stereocenters. The van der Waals surface area contributed by atoms with Gasteiger partial charge in [0.2, 0.25) is 0 Å². The van der Waals surface area contributed by atoms with Crippen molar-refractivity contribution in [3.63, 3.8) is 0 Å². The summed E-state index contributed by atoms with van der Waals surface area (Å²) >= 11 is 0. The third-order valence-corrected chi connectivity index (χ3v) is 2.29. The Bertz CT molecular complexity index is 578. The van der Waals surface area contributed by atoms with Gasteiger partial charge in [0.25, 0.3) is 0 Å². The second-order valence-electron chi connectivity index (χ2n) is 3.77. The van der Waals surface area contributed by atoms with Gasteiger partial charge in [0.1, 0.15) is 5.82 Å². The van der Waals surface area contributed by atoms with Crippen LogP contribution in [0.2, 0.25) is 0 Å². The molecule has 0 aliphatic carbocycles. The van der Waals surface area contributed by atoms with Gasteiger partial charge in [0, 0.05) is 12.3 Å². The molecule has 2 heterocycles. The molecule has 0 atom stereocenters. The molecular formula is C14H20N4O2. The first-order valence-corrected chi connectivity index (χ1v) is 6.65. The minimum Gasteiger partial charge on any atom is -0.461 e. The van der Waals surface area contributed by atoms with Crippen LogP contribution in [0.15, 0.2) is 18.3 Å². The van der Waals surface area contributed by atoms with Crippen molar-refractivity contribution < 1.29 is 9.53 Å². The third kappa shape index (κ3) is 3.63. The molecule has 0 N–H and O–H groups in total. The quantitative estimate of drug-likeness (QED) is 0.805. The van der Waals surface area contributed by atoms with Crippen molar-refractivity contribution in [2.45, 2.75) is 34.6 Å². The van der Waals surface area contributed by atoms with E-state index in [4.69, 9.17) is 4.74 Å². The minimum absolute atomic E-state index is 0.325. The molecule has 0 spiro atoms. The molecule has 2 rings (SSSR count). The molecule has 2 aromatic rings. The van der Waals surface area contributed by atoms with Gasteiger partial charge in [-0.25, -0.2) is 19.4 Å². The van der Waals surface area contributed by atoms with E-state index in [0.29, 0.717) is 23.9 Å². The third-order valence-electron chi connectivity index (χ3n) is 2.29. The number of carbonyl (C=O) groups is 1. The molecule has 6 heteroatoms. The monoisotopic (exact) mass is 276 g/mol. The van der Waals surface area contributed by atoms with Gasteiger partial charge in [-0.2, -0.15) is 5.10 Å². The van der Waals surface area contributed by atoms with Crippen molar-refractivity contribution in [2.24, 2.45) is 0 Å². The van der Waals surface area contributed by atoms with Crippen LogP contribution in [0.1, 0.15) is 42.8 Å². The fourth-order valence-corrected chi connectivity index (χ4v) is 1.59. The predicted octanol–water partition coefficient (Wildman–Crippen LogP) is 2.48. The summed E-state index contributed by atoms with van der Waals surface area (Å²) in [6.45, 7) is 9.68. The lowest BCUT2D eigenvalue weighted by atomic mass is 10.3. The normalized spacial score (nSPS) is 9.65. The number of esters is 1. The van der Waals surface area contributed by atoms with Crippen molar-refractivity contribution in [1.82, 2.24) is 19.7 Å². The zero-order chi connectivity index (χ0) is 15.1. The number of ether oxygens (including phenoxy) is 1. The molecular weight excluding hydrogens is 256 g/mol. The summed E-state index contributed by atoms with van der Waals surface area (Å²) in [6, 6.07) is 3.37. The number of aromatic nitrogens is 4. The molecule has 2 aromatic heterocycles. The standard InChI is InChI=1S/C12H14N4O2.C2H6/c1-4-18-12(17)10-7-8(2)15-16(10)11-5-6-13-9(3)14-11;1-2/h5-7H,4H2,1-3H3;1-2H3. The topological polar surface area (TPSA) is 69.9 Å². The Morgan fingerprint density at radius 2 is 2.05 bits per heavy atom. The van der Waals surface area contributed by atoms with Crippen LogP contribution in [0.4, 0.5) is 0 Å². The first kappa shape index (κ1) is 15.8. The second-order valence-corrected chi connectivity index (χ2v) is 3.77. The molecule has 0 radical (unpaired) electrons. The highest BCUT2D eigenvalue weighted by Gasteiger charge is 2.17. The van der Waals surface area contributed by atoms with E-state index in [1.165, 1.54) is 4.68 Å². The highest BCUT2D eigenvalue weighted by Crippen LogP contribution is 2.11. The van der Waals surface area contributed by atoms with Gasteiger partial charge < -0.3 is 4.74 Å². The number of carbonyl (C=O) groups excluding carboxylic acids is 1. The van der Waals surface area contributed by atoms with Crippen LogP contribution < -0.4 is 0 Å².